The van der Waals surface area contributed by atoms with Crippen LogP contribution in [0, 0.1) is 11.3 Å². The molecule has 2 N–H and O–H groups in total. The normalized spacial score (nSPS) is 20.8. The zero-order chi connectivity index (χ0) is 10.7. The number of nitrogens with two attached hydrogens (primary N) is 1. The molecule has 0 radical (unpaired) electrons. The molecule has 1 saturated heterocycles. The Kier molecular flexibility index (Phi) is 3.25. The quantitative estimate of drug-likeness (QED) is 0.856. The SMILES string of the molecule is N#CC1(C(N)c2ccccc2)SCCS1. The lowest BCUT2D eigenvalue weighted by Gasteiger charge is -2.26. The van der Waals surface area contributed by atoms with Crippen LogP contribution in [0.25, 0.3) is 0 Å². The van der Waals surface area contributed by atoms with Crippen molar-refractivity contribution < 1.29 is 0 Å². The van der Waals surface area contributed by atoms with E-state index in [1.54, 1.807) is 23.5 Å². The highest BCUT2D eigenvalue weighted by atomic mass is 32.2. The van der Waals surface area contributed by atoms with Crippen LogP contribution in [0.1, 0.15) is 11.6 Å². The molecule has 1 aliphatic rings. The molecule has 0 bridgehead atoms. The molecule has 1 aliphatic heterocycles. The van der Waals surface area contributed by atoms with Crippen LogP contribution in [0.15, 0.2) is 30.3 Å². The zero-order valence-corrected chi connectivity index (χ0v) is 9.85. The van der Waals surface area contributed by atoms with Crippen molar-refractivity contribution in [3.8, 4) is 6.07 Å². The maximum atomic E-state index is 9.28. The molecular weight excluding hydrogens is 224 g/mol. The van der Waals surface area contributed by atoms with Gasteiger partial charge in [-0.2, -0.15) is 5.26 Å². The maximum Gasteiger partial charge on any atom is 0.167 e. The highest BCUT2D eigenvalue weighted by Gasteiger charge is 2.42. The number of benzene rings is 1. The van der Waals surface area contributed by atoms with Crippen molar-refractivity contribution in [1.29, 1.82) is 5.26 Å². The Labute approximate surface area is 98.2 Å². The number of hydrogen-bond donors (Lipinski definition) is 1. The summed E-state index contributed by atoms with van der Waals surface area (Å²) in [5.74, 6) is 2.03. The van der Waals surface area contributed by atoms with Crippen molar-refractivity contribution >= 4 is 23.5 Å². The first kappa shape index (κ1) is 10.9. The van der Waals surface area contributed by atoms with Crippen LogP contribution in [0.4, 0.5) is 0 Å². The van der Waals surface area contributed by atoms with Gasteiger partial charge in [-0.3, -0.25) is 0 Å². The van der Waals surface area contributed by atoms with Crippen LogP contribution in [-0.2, 0) is 0 Å². The fourth-order valence-corrected chi connectivity index (χ4v) is 4.49. The third-order valence-electron chi connectivity index (χ3n) is 2.44. The lowest BCUT2D eigenvalue weighted by Crippen LogP contribution is -2.32. The van der Waals surface area contributed by atoms with Crippen LogP contribution in [0.5, 0.6) is 0 Å². The van der Waals surface area contributed by atoms with Gasteiger partial charge in [-0.1, -0.05) is 30.3 Å². The van der Waals surface area contributed by atoms with Crippen molar-refractivity contribution in [2.45, 2.75) is 10.1 Å². The second-order valence-corrected chi connectivity index (χ2v) is 6.30. The molecule has 1 aromatic carbocycles. The Hall–Kier alpha value is -0.630. The molecular formula is C11H12N2S2. The van der Waals surface area contributed by atoms with Crippen molar-refractivity contribution in [3.63, 3.8) is 0 Å². The molecule has 4 heteroatoms. The summed E-state index contributed by atoms with van der Waals surface area (Å²) in [6.07, 6.45) is 0. The molecule has 78 valence electrons. The van der Waals surface area contributed by atoms with Crippen LogP contribution < -0.4 is 5.73 Å². The zero-order valence-electron chi connectivity index (χ0n) is 8.22. The van der Waals surface area contributed by atoms with Gasteiger partial charge in [0.2, 0.25) is 0 Å². The third-order valence-corrected chi connectivity index (χ3v) is 5.77. The minimum Gasteiger partial charge on any atom is -0.321 e. The van der Waals surface area contributed by atoms with Crippen LogP contribution >= 0.6 is 23.5 Å². The van der Waals surface area contributed by atoms with Gasteiger partial charge in [-0.05, 0) is 5.56 Å². The lowest BCUT2D eigenvalue weighted by atomic mass is 10.0. The summed E-state index contributed by atoms with van der Waals surface area (Å²) in [7, 11) is 0. The highest BCUT2D eigenvalue weighted by Crippen LogP contribution is 2.50. The van der Waals surface area contributed by atoms with Gasteiger partial charge < -0.3 is 5.73 Å². The van der Waals surface area contributed by atoms with E-state index in [-0.39, 0.29) is 6.04 Å². The van der Waals surface area contributed by atoms with Crippen LogP contribution in [0.2, 0.25) is 0 Å². The van der Waals surface area contributed by atoms with Crippen molar-refractivity contribution in [3.05, 3.63) is 35.9 Å². The molecule has 1 fully saturated rings. The fourth-order valence-electron chi connectivity index (χ4n) is 1.62. The van der Waals surface area contributed by atoms with Gasteiger partial charge in [0.05, 0.1) is 12.1 Å². The summed E-state index contributed by atoms with van der Waals surface area (Å²) in [5.41, 5.74) is 7.22. The molecule has 2 nitrogen and oxygen atoms in total. The van der Waals surface area contributed by atoms with Crippen molar-refractivity contribution in [1.82, 2.24) is 0 Å². The number of nitrogens with zero attached hydrogens (tertiary/aromatic N) is 1. The Bertz CT molecular complexity index is 366. The first-order valence-corrected chi connectivity index (χ1v) is 6.75. The third kappa shape index (κ3) is 2.00. The predicted octanol–water partition coefficient (Wildman–Crippen LogP) is 2.39. The molecule has 15 heavy (non-hydrogen) atoms. The summed E-state index contributed by atoms with van der Waals surface area (Å²) in [5, 5.41) is 9.28. The van der Waals surface area contributed by atoms with Gasteiger partial charge in [0.15, 0.2) is 4.08 Å². The molecule has 0 aromatic heterocycles. The molecule has 0 amide bonds. The summed E-state index contributed by atoms with van der Waals surface area (Å²) in [6, 6.07) is 12.0. The molecule has 1 unspecified atom stereocenters. The second-order valence-electron chi connectivity index (χ2n) is 3.36. The van der Waals surface area contributed by atoms with Gasteiger partial charge in [-0.15, -0.1) is 23.5 Å². The maximum absolute atomic E-state index is 9.28. The second kappa shape index (κ2) is 4.48. The van der Waals surface area contributed by atoms with E-state index in [0.29, 0.717) is 0 Å². The van der Waals surface area contributed by atoms with E-state index in [4.69, 9.17) is 5.73 Å². The van der Waals surface area contributed by atoms with E-state index < -0.39 is 4.08 Å². The highest BCUT2D eigenvalue weighted by molar-refractivity contribution is 8.21. The van der Waals surface area contributed by atoms with Crippen molar-refractivity contribution in [2.75, 3.05) is 11.5 Å². The summed E-state index contributed by atoms with van der Waals surface area (Å²) in [6.45, 7) is 0. The van der Waals surface area contributed by atoms with Gasteiger partial charge in [-0.25, -0.2) is 0 Å². The molecule has 2 rings (SSSR count). The first-order valence-electron chi connectivity index (χ1n) is 4.78. The average Bonchev–Trinajstić information content (AvgIpc) is 2.79. The standard InChI is InChI=1S/C11H12N2S2/c12-8-11(14-6-7-15-11)10(13)9-4-2-1-3-5-9/h1-5,10H,6-7,13H2. The summed E-state index contributed by atoms with van der Waals surface area (Å²) in [4.78, 5) is 0. The van der Waals surface area contributed by atoms with E-state index in [0.717, 1.165) is 17.1 Å². The Morgan fingerprint density at radius 1 is 1.27 bits per heavy atom. The van der Waals surface area contributed by atoms with Gasteiger partial charge in [0.25, 0.3) is 0 Å². The number of thioether (sulfide) groups is 2. The summed E-state index contributed by atoms with van der Waals surface area (Å²) >= 11 is 3.34. The minimum absolute atomic E-state index is 0.207. The number of hydrogen-bond acceptors (Lipinski definition) is 4. The van der Waals surface area contributed by atoms with E-state index >= 15 is 0 Å². The average molecular weight is 236 g/mol. The topological polar surface area (TPSA) is 49.8 Å². The molecule has 1 aromatic rings. The molecule has 0 saturated carbocycles. The number of rotatable bonds is 2. The van der Waals surface area contributed by atoms with Gasteiger partial charge >= 0.3 is 0 Å². The Morgan fingerprint density at radius 2 is 1.87 bits per heavy atom. The smallest absolute Gasteiger partial charge is 0.167 e. The Balaban J connectivity index is 2.27. The van der Waals surface area contributed by atoms with Crippen LogP contribution in [0.3, 0.4) is 0 Å². The molecule has 0 aliphatic carbocycles. The molecule has 1 heterocycles. The first-order chi connectivity index (χ1) is 7.28. The van der Waals surface area contributed by atoms with E-state index in [1.807, 2.05) is 30.3 Å². The fraction of sp³-hybridized carbons (Fsp3) is 0.364. The van der Waals surface area contributed by atoms with E-state index in [1.165, 1.54) is 0 Å². The monoisotopic (exact) mass is 236 g/mol. The predicted molar refractivity (Wildman–Crippen MR) is 66.6 cm³/mol. The van der Waals surface area contributed by atoms with E-state index in [9.17, 15) is 5.26 Å². The Morgan fingerprint density at radius 3 is 2.40 bits per heavy atom. The lowest BCUT2D eigenvalue weighted by molar-refractivity contribution is 0.731. The van der Waals surface area contributed by atoms with E-state index in [2.05, 4.69) is 6.07 Å². The van der Waals surface area contributed by atoms with Crippen LogP contribution in [-0.4, -0.2) is 15.6 Å². The summed E-state index contributed by atoms with van der Waals surface area (Å²) < 4.78 is -0.485. The van der Waals surface area contributed by atoms with Crippen molar-refractivity contribution in [2.24, 2.45) is 5.73 Å². The number of nitriles is 1. The largest absolute Gasteiger partial charge is 0.321 e. The molecule has 1 atom stereocenters. The van der Waals surface area contributed by atoms with Gasteiger partial charge in [0, 0.05) is 11.5 Å². The minimum atomic E-state index is -0.485. The van der Waals surface area contributed by atoms with Gasteiger partial charge in [0.1, 0.15) is 0 Å². The molecule has 0 spiro atoms.